The Bertz CT molecular complexity index is 1180. The Balaban J connectivity index is 0.00000171. The summed E-state index contributed by atoms with van der Waals surface area (Å²) in [7, 11) is 3.71. The number of nitrogens with one attached hydrogen (secondary N) is 1. The lowest BCUT2D eigenvalue weighted by Gasteiger charge is -2.19. The van der Waals surface area contributed by atoms with E-state index in [1.165, 1.54) is 0 Å². The molecule has 6 nitrogen and oxygen atoms in total. The van der Waals surface area contributed by atoms with Crippen LogP contribution in [0, 0.1) is 0 Å². The largest absolute Gasteiger partial charge is 0.497 e. The summed E-state index contributed by atoms with van der Waals surface area (Å²) in [6.07, 6.45) is 0.842. The molecule has 166 valence electrons. The van der Waals surface area contributed by atoms with Gasteiger partial charge in [-0.3, -0.25) is 0 Å². The van der Waals surface area contributed by atoms with E-state index in [9.17, 15) is 0 Å². The zero-order valence-corrected chi connectivity index (χ0v) is 19.8. The van der Waals surface area contributed by atoms with Gasteiger partial charge in [-0.1, -0.05) is 12.1 Å². The first kappa shape index (κ1) is 24.7. The lowest BCUT2D eigenvalue weighted by Crippen LogP contribution is -2.34. The molecule has 3 N–H and O–H groups in total. The van der Waals surface area contributed by atoms with Gasteiger partial charge in [-0.25, -0.2) is 9.97 Å². The fourth-order valence-electron chi connectivity index (χ4n) is 3.50. The van der Waals surface area contributed by atoms with Gasteiger partial charge in [-0.05, 0) is 56.7 Å². The third-order valence-corrected chi connectivity index (χ3v) is 5.14. The number of ether oxygens (including phenoxy) is 1. The minimum Gasteiger partial charge on any atom is -0.497 e. The zero-order chi connectivity index (χ0) is 20.6. The number of para-hydroxylation sites is 1. The maximum Gasteiger partial charge on any atom is 0.178 e. The maximum atomic E-state index is 6.13. The number of anilines is 1. The van der Waals surface area contributed by atoms with E-state index in [1.807, 2.05) is 57.3 Å². The minimum atomic E-state index is -0.229. The molecule has 0 aliphatic rings. The monoisotopic (exact) mass is 461 g/mol. The highest BCUT2D eigenvalue weighted by molar-refractivity contribution is 5.92. The Morgan fingerprint density at radius 1 is 1.06 bits per heavy atom. The predicted octanol–water partition coefficient (Wildman–Crippen LogP) is 5.18. The van der Waals surface area contributed by atoms with Gasteiger partial charge in [0.1, 0.15) is 11.6 Å². The molecule has 4 rings (SSSR count). The summed E-state index contributed by atoms with van der Waals surface area (Å²) >= 11 is 0. The molecular formula is C23H29Cl2N5O. The van der Waals surface area contributed by atoms with Gasteiger partial charge in [0, 0.05) is 35.4 Å². The smallest absolute Gasteiger partial charge is 0.178 e. The van der Waals surface area contributed by atoms with Crippen LogP contribution >= 0.6 is 24.8 Å². The van der Waals surface area contributed by atoms with E-state index in [1.54, 1.807) is 7.11 Å². The number of aryl methyl sites for hydroxylation is 1. The number of benzene rings is 2. The zero-order valence-electron chi connectivity index (χ0n) is 18.2. The van der Waals surface area contributed by atoms with Gasteiger partial charge >= 0.3 is 0 Å². The molecule has 0 aliphatic heterocycles. The number of nitrogens with zero attached hydrogens (tertiary/aromatic N) is 3. The Labute approximate surface area is 195 Å². The molecule has 2 heterocycles. The molecule has 0 amide bonds. The van der Waals surface area contributed by atoms with Crippen molar-refractivity contribution in [1.82, 2.24) is 14.5 Å². The number of hydrogen-bond donors (Lipinski definition) is 2. The van der Waals surface area contributed by atoms with Crippen LogP contribution in [-0.4, -0.2) is 33.7 Å². The highest BCUT2D eigenvalue weighted by Gasteiger charge is 2.15. The molecule has 31 heavy (non-hydrogen) atoms. The molecule has 0 bridgehead atoms. The summed E-state index contributed by atoms with van der Waals surface area (Å²) < 4.78 is 7.48. The third kappa shape index (κ3) is 5.21. The van der Waals surface area contributed by atoms with Crippen LogP contribution in [0.15, 0.2) is 48.5 Å². The van der Waals surface area contributed by atoms with Crippen molar-refractivity contribution in [2.75, 3.05) is 19.0 Å². The molecule has 8 heteroatoms. The average Bonchev–Trinajstić information content (AvgIpc) is 3.02. The van der Waals surface area contributed by atoms with Crippen LogP contribution in [0.1, 0.15) is 20.3 Å². The lowest BCUT2D eigenvalue weighted by molar-refractivity contribution is 0.415. The number of aromatic nitrogens is 3. The van der Waals surface area contributed by atoms with Gasteiger partial charge in [0.15, 0.2) is 5.82 Å². The highest BCUT2D eigenvalue weighted by atomic mass is 35.5. The van der Waals surface area contributed by atoms with Crippen molar-refractivity contribution in [2.24, 2.45) is 12.8 Å². The van der Waals surface area contributed by atoms with E-state index in [0.29, 0.717) is 5.82 Å². The lowest BCUT2D eigenvalue weighted by atomic mass is 10.0. The molecule has 0 radical (unpaired) electrons. The minimum absolute atomic E-state index is 0. The van der Waals surface area contributed by atoms with Crippen molar-refractivity contribution >= 4 is 52.4 Å². The summed E-state index contributed by atoms with van der Waals surface area (Å²) in [6, 6.07) is 16.2. The van der Waals surface area contributed by atoms with E-state index in [0.717, 1.165) is 52.0 Å². The van der Waals surface area contributed by atoms with Crippen molar-refractivity contribution in [3.05, 3.63) is 48.5 Å². The molecule has 2 aromatic heterocycles. The van der Waals surface area contributed by atoms with Crippen LogP contribution < -0.4 is 15.8 Å². The first-order chi connectivity index (χ1) is 13.9. The molecule has 0 spiro atoms. The van der Waals surface area contributed by atoms with E-state index >= 15 is 0 Å². The normalized spacial score (nSPS) is 11.1. The number of fused-ring (bicyclic) bond motifs is 2. The average molecular weight is 462 g/mol. The van der Waals surface area contributed by atoms with Crippen molar-refractivity contribution in [1.29, 1.82) is 0 Å². The van der Waals surface area contributed by atoms with Crippen molar-refractivity contribution in [2.45, 2.75) is 25.8 Å². The first-order valence-electron chi connectivity index (χ1n) is 9.79. The summed E-state index contributed by atoms with van der Waals surface area (Å²) in [5.41, 5.74) is 8.88. The molecule has 0 atom stereocenters. The Morgan fingerprint density at radius 2 is 1.81 bits per heavy atom. The van der Waals surface area contributed by atoms with Crippen LogP contribution in [0.25, 0.3) is 33.3 Å². The van der Waals surface area contributed by atoms with Crippen LogP contribution in [0.4, 0.5) is 5.82 Å². The summed E-state index contributed by atoms with van der Waals surface area (Å²) in [5.74, 6) is 2.36. The summed E-state index contributed by atoms with van der Waals surface area (Å²) in [6.45, 7) is 4.81. The van der Waals surface area contributed by atoms with Crippen LogP contribution in [0.5, 0.6) is 5.75 Å². The quantitative estimate of drug-likeness (QED) is 0.413. The number of methoxy groups -OCH3 is 1. The van der Waals surface area contributed by atoms with Gasteiger partial charge in [0.25, 0.3) is 0 Å². The molecule has 2 aromatic carbocycles. The van der Waals surface area contributed by atoms with Crippen molar-refractivity contribution < 1.29 is 4.74 Å². The Morgan fingerprint density at radius 3 is 2.52 bits per heavy atom. The third-order valence-electron chi connectivity index (χ3n) is 5.14. The van der Waals surface area contributed by atoms with Crippen LogP contribution in [0.2, 0.25) is 0 Å². The Hall–Kier alpha value is -2.54. The fraction of sp³-hybridized carbons (Fsp3) is 0.304. The van der Waals surface area contributed by atoms with Gasteiger partial charge in [0.05, 0.1) is 18.3 Å². The predicted molar refractivity (Wildman–Crippen MR) is 134 cm³/mol. The number of halogens is 2. The van der Waals surface area contributed by atoms with Gasteiger partial charge < -0.3 is 20.4 Å². The number of nitrogens with two attached hydrogens (primary N) is 1. The van der Waals surface area contributed by atoms with E-state index in [-0.39, 0.29) is 30.4 Å². The second-order valence-corrected chi connectivity index (χ2v) is 8.09. The van der Waals surface area contributed by atoms with Crippen molar-refractivity contribution in [3.63, 3.8) is 0 Å². The van der Waals surface area contributed by atoms with Gasteiger partial charge in [0.2, 0.25) is 0 Å². The van der Waals surface area contributed by atoms with Crippen molar-refractivity contribution in [3.8, 4) is 17.3 Å². The molecule has 4 aromatic rings. The van der Waals surface area contributed by atoms with Gasteiger partial charge in [-0.15, -0.1) is 24.8 Å². The molecular weight excluding hydrogens is 433 g/mol. The maximum absolute atomic E-state index is 6.13. The topological polar surface area (TPSA) is 78.0 Å². The first-order valence-corrected chi connectivity index (χ1v) is 9.79. The molecule has 0 aliphatic carbocycles. The Kier molecular flexibility index (Phi) is 7.76. The highest BCUT2D eigenvalue weighted by Crippen LogP contribution is 2.30. The van der Waals surface area contributed by atoms with E-state index in [4.69, 9.17) is 20.4 Å². The van der Waals surface area contributed by atoms with Crippen LogP contribution in [0.3, 0.4) is 0 Å². The fourth-order valence-corrected chi connectivity index (χ4v) is 3.50. The molecule has 0 unspecified atom stereocenters. The summed E-state index contributed by atoms with van der Waals surface area (Å²) in [5, 5.41) is 5.57. The summed E-state index contributed by atoms with van der Waals surface area (Å²) in [4.78, 5) is 9.71. The second-order valence-electron chi connectivity index (χ2n) is 8.09. The standard InChI is InChI=1S/C23H27N5O.2ClH/c1-23(2,24)11-12-25-21-17-7-5-6-8-18(17)26-22(27-21)20-14-15-13-16(29-4)9-10-19(15)28(20)3;;/h5-10,13-14H,11-12,24H2,1-4H3,(H,25,26,27);2*1H. The molecule has 0 fully saturated rings. The SMILES string of the molecule is COc1ccc2c(c1)cc(-c1nc(NCCC(C)(C)N)c3ccccc3n1)n2C.Cl.Cl. The van der Waals surface area contributed by atoms with E-state index < -0.39 is 0 Å². The molecule has 0 saturated carbocycles. The number of hydrogen-bond acceptors (Lipinski definition) is 5. The van der Waals surface area contributed by atoms with Crippen LogP contribution in [-0.2, 0) is 7.05 Å². The molecule has 0 saturated heterocycles. The second kappa shape index (κ2) is 9.73. The number of rotatable bonds is 6. The van der Waals surface area contributed by atoms with Gasteiger partial charge in [-0.2, -0.15) is 0 Å². The van der Waals surface area contributed by atoms with E-state index in [2.05, 4.69) is 22.0 Å².